The Balaban J connectivity index is 1.12. The molecule has 0 radical (unpaired) electrons. The highest BCUT2D eigenvalue weighted by Gasteiger charge is 2.49. The Kier molecular flexibility index (Phi) is 14.6. The van der Waals surface area contributed by atoms with E-state index in [0.29, 0.717) is 5.56 Å². The first kappa shape index (κ1) is 47.5. The maximum Gasteiger partial charge on any atom is 0.402 e. The lowest BCUT2D eigenvalue weighted by atomic mass is 9.98. The van der Waals surface area contributed by atoms with E-state index >= 15 is 0 Å². The number of rotatable bonds is 13. The molecule has 3 saturated heterocycles. The molecule has 7 rings (SSSR count). The van der Waals surface area contributed by atoms with Gasteiger partial charge in [-0.05, 0) is 42.8 Å². The average molecular weight is 918 g/mol. The number of aliphatic hydroxyl groups is 9. The Morgan fingerprint density at radius 2 is 1.31 bits per heavy atom. The highest BCUT2D eigenvalue weighted by Crippen LogP contribution is 2.43. The molecule has 0 amide bonds. The summed E-state index contributed by atoms with van der Waals surface area (Å²) in [5.74, 6) is -2.16. The number of phenols is 3. The fourth-order valence-corrected chi connectivity index (χ4v) is 7.36. The summed E-state index contributed by atoms with van der Waals surface area (Å²) >= 11 is 0. The van der Waals surface area contributed by atoms with Gasteiger partial charge in [-0.15, -0.1) is 0 Å². The molecule has 22 heteroatoms. The number of hydrogen-bond acceptors (Lipinski definition) is 21. The molecule has 65 heavy (non-hydrogen) atoms. The summed E-state index contributed by atoms with van der Waals surface area (Å²) in [5.41, 5.74) is 0.672. The summed E-state index contributed by atoms with van der Waals surface area (Å²) in [6.07, 6.45) is -22.5. The van der Waals surface area contributed by atoms with Crippen molar-refractivity contribution in [2.75, 3.05) is 20.3 Å². The Morgan fingerprint density at radius 1 is 0.677 bits per heavy atom. The second-order valence-electron chi connectivity index (χ2n) is 15.5. The van der Waals surface area contributed by atoms with Crippen molar-refractivity contribution >= 4 is 23.0 Å². The summed E-state index contributed by atoms with van der Waals surface area (Å²) in [6.45, 7) is 0.0388. The van der Waals surface area contributed by atoms with Crippen LogP contribution in [0, 0.1) is 0 Å². The number of fused-ring (bicyclic) bond motifs is 1. The first-order valence-corrected chi connectivity index (χ1v) is 20.1. The third-order valence-electron chi connectivity index (χ3n) is 11.0. The number of ether oxygens (including phenoxy) is 8. The lowest BCUT2D eigenvalue weighted by Crippen LogP contribution is -2.62. The number of benzene rings is 3. The van der Waals surface area contributed by atoms with E-state index in [1.54, 1.807) is 12.1 Å². The van der Waals surface area contributed by atoms with Crippen molar-refractivity contribution < 1.29 is 108 Å². The molecule has 15 atom stereocenters. The van der Waals surface area contributed by atoms with Crippen molar-refractivity contribution in [1.82, 2.24) is 0 Å². The van der Waals surface area contributed by atoms with Gasteiger partial charge in [-0.3, -0.25) is 0 Å². The van der Waals surface area contributed by atoms with Crippen molar-refractivity contribution in [1.29, 1.82) is 0 Å². The first-order valence-electron chi connectivity index (χ1n) is 20.1. The van der Waals surface area contributed by atoms with Crippen molar-refractivity contribution in [3.63, 3.8) is 0 Å². The Bertz CT molecular complexity index is 2310. The van der Waals surface area contributed by atoms with Crippen LogP contribution in [0.5, 0.6) is 34.5 Å². The molecule has 3 fully saturated rings. The fourth-order valence-electron chi connectivity index (χ4n) is 7.36. The van der Waals surface area contributed by atoms with Gasteiger partial charge in [-0.25, -0.2) is 9.21 Å². The molecule has 0 aliphatic carbocycles. The first-order chi connectivity index (χ1) is 31.0. The standard InChI is InChI=1S/C43H48O22/c1-17-39(65-30(48)10-5-18-3-7-20(45)8-4-18)35(53)38(56)41(59-17)58-16-29-32(50)34(52)37(55)43(64-29)62-27-14-22-24(60-40(27)19-6-9-23(47)26(11-19)57-2)12-21(46)13-25(22)61-42-36(54)33(51)31(49)28(15-44)63-42/h3-14,17,28-29,31-39,41-44,49-56H,15-16H2,1-2H3,(H2-,45,46,47,48)/p+1. The summed E-state index contributed by atoms with van der Waals surface area (Å²) in [4.78, 5) is 12.6. The molecule has 3 aliphatic heterocycles. The SMILES string of the molecule is COc1cc(-c2[o+]c3cc(O)cc(OC4OC(CO)C(O)C(O)C4O)c3cc2OC2OC(COC3OC(C)C(OC(=O)C=Cc4ccc(O)cc4)C(O)C3O)C(O)C(O)C2O)ccc1O. The van der Waals surface area contributed by atoms with E-state index in [1.807, 2.05) is 0 Å². The van der Waals surface area contributed by atoms with Gasteiger partial charge in [0.05, 0.1) is 38.1 Å². The van der Waals surface area contributed by atoms with Crippen molar-refractivity contribution in [3.05, 3.63) is 72.3 Å². The zero-order valence-electron chi connectivity index (χ0n) is 34.5. The van der Waals surface area contributed by atoms with E-state index in [1.165, 1.54) is 62.6 Å². The van der Waals surface area contributed by atoms with Crippen LogP contribution >= 0.6 is 0 Å². The van der Waals surface area contributed by atoms with Crippen molar-refractivity contribution in [3.8, 4) is 45.8 Å². The third-order valence-corrected chi connectivity index (χ3v) is 11.0. The van der Waals surface area contributed by atoms with Gasteiger partial charge in [0.1, 0.15) is 83.7 Å². The molecule has 0 bridgehead atoms. The number of carbonyl (C=O) groups is 1. The van der Waals surface area contributed by atoms with Crippen LogP contribution < -0.4 is 14.2 Å². The second-order valence-corrected chi connectivity index (χ2v) is 15.5. The van der Waals surface area contributed by atoms with Gasteiger partial charge in [0, 0.05) is 24.3 Å². The third kappa shape index (κ3) is 10.2. The number of phenolic OH excluding ortho intramolecular Hbond substituents is 3. The van der Waals surface area contributed by atoms with E-state index in [-0.39, 0.29) is 51.0 Å². The zero-order valence-corrected chi connectivity index (χ0v) is 34.5. The summed E-state index contributed by atoms with van der Waals surface area (Å²) in [5, 5.41) is 126. The van der Waals surface area contributed by atoms with Gasteiger partial charge in [-0.2, -0.15) is 0 Å². The predicted molar refractivity (Wildman–Crippen MR) is 217 cm³/mol. The van der Waals surface area contributed by atoms with Crippen LogP contribution in [0.2, 0.25) is 0 Å². The van der Waals surface area contributed by atoms with E-state index in [9.17, 15) is 66.1 Å². The van der Waals surface area contributed by atoms with Crippen LogP contribution in [0.1, 0.15) is 12.5 Å². The fraction of sp³-hybridized carbons (Fsp3) is 0.442. The quantitative estimate of drug-likeness (QED) is 0.0434. The Morgan fingerprint density at radius 3 is 1.97 bits per heavy atom. The number of hydrogen-bond donors (Lipinski definition) is 12. The monoisotopic (exact) mass is 917 g/mol. The lowest BCUT2D eigenvalue weighted by Gasteiger charge is -2.42. The number of esters is 1. The maximum atomic E-state index is 12.6. The minimum atomic E-state index is -1.96. The number of aromatic hydroxyl groups is 3. The smallest absolute Gasteiger partial charge is 0.402 e. The molecule has 0 saturated carbocycles. The number of carbonyl (C=O) groups excluding carboxylic acids is 1. The minimum absolute atomic E-state index is 0.00322. The molecule has 4 aromatic rings. The van der Waals surface area contributed by atoms with E-state index in [2.05, 4.69) is 0 Å². The zero-order chi connectivity index (χ0) is 46.9. The van der Waals surface area contributed by atoms with Crippen molar-refractivity contribution in [2.24, 2.45) is 0 Å². The summed E-state index contributed by atoms with van der Waals surface area (Å²) < 4.78 is 51.6. The molecule has 4 heterocycles. The van der Waals surface area contributed by atoms with Crippen LogP contribution in [-0.4, -0.2) is 180 Å². The molecule has 3 aliphatic rings. The molecule has 0 spiro atoms. The molecule has 352 valence electrons. The summed E-state index contributed by atoms with van der Waals surface area (Å²) in [7, 11) is 1.29. The molecule has 12 N–H and O–H groups in total. The highest BCUT2D eigenvalue weighted by molar-refractivity contribution is 5.89. The molecular weight excluding hydrogens is 868 g/mol. The minimum Gasteiger partial charge on any atom is -0.508 e. The topological polar surface area (TPSA) is 345 Å². The van der Waals surface area contributed by atoms with Gasteiger partial charge in [0.15, 0.2) is 23.9 Å². The van der Waals surface area contributed by atoms with Crippen LogP contribution in [0.4, 0.5) is 0 Å². The Labute approximate surface area is 368 Å². The largest absolute Gasteiger partial charge is 0.508 e. The normalized spacial score (nSPS) is 32.9. The Hall–Kier alpha value is -5.44. The van der Waals surface area contributed by atoms with Crippen LogP contribution in [0.15, 0.2) is 71.2 Å². The molecule has 1 aromatic heterocycles. The van der Waals surface area contributed by atoms with E-state index in [0.717, 1.165) is 12.1 Å². The lowest BCUT2D eigenvalue weighted by molar-refractivity contribution is -0.319. The van der Waals surface area contributed by atoms with E-state index in [4.69, 9.17) is 42.3 Å². The second kappa shape index (κ2) is 20.0. The predicted octanol–water partition coefficient (Wildman–Crippen LogP) is -1.02. The van der Waals surface area contributed by atoms with Crippen LogP contribution in [-0.2, 0) is 28.5 Å². The number of aliphatic hydroxyl groups excluding tert-OH is 9. The van der Waals surface area contributed by atoms with Gasteiger partial charge in [0.2, 0.25) is 18.3 Å². The number of methoxy groups -OCH3 is 1. The van der Waals surface area contributed by atoms with Gasteiger partial charge >= 0.3 is 17.3 Å². The van der Waals surface area contributed by atoms with Gasteiger partial charge in [-0.1, -0.05) is 12.1 Å². The van der Waals surface area contributed by atoms with Crippen LogP contribution in [0.25, 0.3) is 28.4 Å². The van der Waals surface area contributed by atoms with Gasteiger partial charge < -0.3 is 99.2 Å². The van der Waals surface area contributed by atoms with Crippen LogP contribution in [0.3, 0.4) is 0 Å². The van der Waals surface area contributed by atoms with E-state index < -0.39 is 117 Å². The molecule has 15 unspecified atom stereocenters. The highest BCUT2D eigenvalue weighted by atomic mass is 16.7. The molecule has 3 aromatic carbocycles. The average Bonchev–Trinajstić information content (AvgIpc) is 3.29. The maximum absolute atomic E-state index is 12.6. The molecule has 22 nitrogen and oxygen atoms in total. The summed E-state index contributed by atoms with van der Waals surface area (Å²) in [6, 6.07) is 13.5. The van der Waals surface area contributed by atoms with Gasteiger partial charge in [0.25, 0.3) is 0 Å². The van der Waals surface area contributed by atoms with Crippen molar-refractivity contribution in [2.45, 2.75) is 99.0 Å². The molecular formula is C43H49O22+.